The molecule has 0 radical (unpaired) electrons. The van der Waals surface area contributed by atoms with Gasteiger partial charge in [-0.05, 0) is 46.3 Å². The minimum absolute atomic E-state index is 0.331. The molecule has 0 aliphatic heterocycles. The standard InChI is InChI=1S/C15H12BrCl2NO3/c1-21-12-3-8(4-13(22-2)14(12)16)15(20)19-11-6-9(17)5-10(18)7-11/h3-7H,1-2H3,(H,19,20). The van der Waals surface area contributed by atoms with Crippen molar-refractivity contribution in [3.8, 4) is 11.5 Å². The molecule has 116 valence electrons. The predicted octanol–water partition coefficient (Wildman–Crippen LogP) is 5.03. The number of anilines is 1. The molecular formula is C15H12BrCl2NO3. The zero-order chi connectivity index (χ0) is 16.3. The lowest BCUT2D eigenvalue weighted by molar-refractivity contribution is 0.102. The first-order valence-corrected chi connectivity index (χ1v) is 7.68. The molecule has 2 aromatic carbocycles. The largest absolute Gasteiger partial charge is 0.495 e. The fourth-order valence-electron chi connectivity index (χ4n) is 1.83. The van der Waals surface area contributed by atoms with Crippen molar-refractivity contribution in [2.45, 2.75) is 0 Å². The van der Waals surface area contributed by atoms with E-state index in [0.29, 0.717) is 37.3 Å². The minimum atomic E-state index is -0.331. The van der Waals surface area contributed by atoms with Crippen molar-refractivity contribution in [3.05, 3.63) is 50.4 Å². The van der Waals surface area contributed by atoms with Crippen LogP contribution in [-0.4, -0.2) is 20.1 Å². The van der Waals surface area contributed by atoms with Crippen LogP contribution in [-0.2, 0) is 0 Å². The summed E-state index contributed by atoms with van der Waals surface area (Å²) >= 11 is 15.2. The van der Waals surface area contributed by atoms with E-state index in [1.807, 2.05) is 0 Å². The highest BCUT2D eigenvalue weighted by Crippen LogP contribution is 2.36. The van der Waals surface area contributed by atoms with Crippen molar-refractivity contribution in [2.75, 3.05) is 19.5 Å². The van der Waals surface area contributed by atoms with E-state index in [-0.39, 0.29) is 5.91 Å². The summed E-state index contributed by atoms with van der Waals surface area (Å²) in [6.45, 7) is 0. The van der Waals surface area contributed by atoms with Gasteiger partial charge in [-0.1, -0.05) is 23.2 Å². The Morgan fingerprint density at radius 2 is 1.50 bits per heavy atom. The molecular weight excluding hydrogens is 393 g/mol. The number of hydrogen-bond donors (Lipinski definition) is 1. The molecule has 0 atom stereocenters. The maximum absolute atomic E-state index is 12.4. The van der Waals surface area contributed by atoms with Crippen LogP contribution in [0.15, 0.2) is 34.8 Å². The SMILES string of the molecule is COc1cc(C(=O)Nc2cc(Cl)cc(Cl)c2)cc(OC)c1Br. The van der Waals surface area contributed by atoms with E-state index >= 15 is 0 Å². The summed E-state index contributed by atoms with van der Waals surface area (Å²) in [5, 5.41) is 3.61. The molecule has 0 unspecified atom stereocenters. The maximum atomic E-state index is 12.4. The van der Waals surface area contributed by atoms with Crippen molar-refractivity contribution in [3.63, 3.8) is 0 Å². The Bertz CT molecular complexity index is 677. The van der Waals surface area contributed by atoms with Crippen molar-refractivity contribution >= 4 is 50.7 Å². The van der Waals surface area contributed by atoms with Crippen molar-refractivity contribution < 1.29 is 14.3 Å². The average Bonchev–Trinajstić information content (AvgIpc) is 2.46. The Kier molecular flexibility index (Phi) is 5.56. The first kappa shape index (κ1) is 16.9. The molecule has 0 spiro atoms. The van der Waals surface area contributed by atoms with Gasteiger partial charge >= 0.3 is 0 Å². The maximum Gasteiger partial charge on any atom is 0.255 e. The molecule has 0 aromatic heterocycles. The summed E-state index contributed by atoms with van der Waals surface area (Å²) in [5.41, 5.74) is 0.886. The molecule has 1 amide bonds. The van der Waals surface area contributed by atoms with Crippen molar-refractivity contribution in [1.29, 1.82) is 0 Å². The summed E-state index contributed by atoms with van der Waals surface area (Å²) in [4.78, 5) is 12.4. The van der Waals surface area contributed by atoms with Gasteiger partial charge in [-0.25, -0.2) is 0 Å². The molecule has 0 bridgehead atoms. The van der Waals surface area contributed by atoms with Crippen LogP contribution in [0.25, 0.3) is 0 Å². The predicted molar refractivity (Wildman–Crippen MR) is 91.7 cm³/mol. The van der Waals surface area contributed by atoms with Gasteiger partial charge in [-0.3, -0.25) is 4.79 Å². The molecule has 0 heterocycles. The van der Waals surface area contributed by atoms with Crippen LogP contribution in [0.5, 0.6) is 11.5 Å². The average molecular weight is 405 g/mol. The van der Waals surface area contributed by atoms with E-state index in [1.54, 1.807) is 30.3 Å². The molecule has 7 heteroatoms. The summed E-state index contributed by atoms with van der Waals surface area (Å²) in [6, 6.07) is 8.02. The molecule has 0 fully saturated rings. The number of nitrogens with one attached hydrogen (secondary N) is 1. The quantitative estimate of drug-likeness (QED) is 0.777. The lowest BCUT2D eigenvalue weighted by atomic mass is 10.1. The van der Waals surface area contributed by atoms with Crippen LogP contribution in [0, 0.1) is 0 Å². The third kappa shape index (κ3) is 3.85. The lowest BCUT2D eigenvalue weighted by Gasteiger charge is -2.12. The van der Waals surface area contributed by atoms with Crippen LogP contribution in [0.2, 0.25) is 10.0 Å². The first-order chi connectivity index (χ1) is 10.4. The molecule has 0 saturated heterocycles. The van der Waals surface area contributed by atoms with Gasteiger partial charge in [0.1, 0.15) is 16.0 Å². The Labute approximate surface area is 146 Å². The third-order valence-electron chi connectivity index (χ3n) is 2.83. The molecule has 22 heavy (non-hydrogen) atoms. The number of benzene rings is 2. The number of hydrogen-bond acceptors (Lipinski definition) is 3. The van der Waals surface area contributed by atoms with Gasteiger partial charge in [0.05, 0.1) is 14.2 Å². The number of rotatable bonds is 4. The van der Waals surface area contributed by atoms with Gasteiger partial charge in [-0.15, -0.1) is 0 Å². The molecule has 0 saturated carbocycles. The van der Waals surface area contributed by atoms with Crippen LogP contribution in [0.3, 0.4) is 0 Å². The highest BCUT2D eigenvalue weighted by molar-refractivity contribution is 9.10. The second-order valence-corrected chi connectivity index (χ2v) is 5.97. The van der Waals surface area contributed by atoms with Crippen LogP contribution >= 0.6 is 39.1 Å². The monoisotopic (exact) mass is 403 g/mol. The van der Waals surface area contributed by atoms with Gasteiger partial charge in [0.25, 0.3) is 5.91 Å². The highest BCUT2D eigenvalue weighted by atomic mass is 79.9. The van der Waals surface area contributed by atoms with Crippen molar-refractivity contribution in [1.82, 2.24) is 0 Å². The smallest absolute Gasteiger partial charge is 0.255 e. The summed E-state index contributed by atoms with van der Waals surface area (Å²) in [5.74, 6) is 0.657. The summed E-state index contributed by atoms with van der Waals surface area (Å²) in [7, 11) is 3.02. The minimum Gasteiger partial charge on any atom is -0.495 e. The van der Waals surface area contributed by atoms with E-state index in [1.165, 1.54) is 14.2 Å². The van der Waals surface area contributed by atoms with E-state index in [4.69, 9.17) is 32.7 Å². The molecule has 0 aliphatic carbocycles. The second-order valence-electron chi connectivity index (χ2n) is 4.31. The Balaban J connectivity index is 2.33. The fraction of sp³-hybridized carbons (Fsp3) is 0.133. The molecule has 0 aliphatic rings. The molecule has 2 rings (SSSR count). The van der Waals surface area contributed by atoms with Crippen molar-refractivity contribution in [2.24, 2.45) is 0 Å². The lowest BCUT2D eigenvalue weighted by Crippen LogP contribution is -2.12. The van der Waals surface area contributed by atoms with Gasteiger partial charge in [0.15, 0.2) is 0 Å². The Hall–Kier alpha value is -1.43. The first-order valence-electron chi connectivity index (χ1n) is 6.13. The number of carbonyl (C=O) groups excluding carboxylic acids is 1. The normalized spacial score (nSPS) is 10.2. The molecule has 4 nitrogen and oxygen atoms in total. The third-order valence-corrected chi connectivity index (χ3v) is 4.05. The number of amides is 1. The van der Waals surface area contributed by atoms with Gasteiger partial charge in [-0.2, -0.15) is 0 Å². The van der Waals surface area contributed by atoms with E-state index < -0.39 is 0 Å². The second kappa shape index (κ2) is 7.22. The highest BCUT2D eigenvalue weighted by Gasteiger charge is 2.15. The summed E-state index contributed by atoms with van der Waals surface area (Å²) < 4.78 is 11.1. The van der Waals surface area contributed by atoms with Crippen LogP contribution < -0.4 is 14.8 Å². The Morgan fingerprint density at radius 3 is 1.95 bits per heavy atom. The molecule has 2 aromatic rings. The number of carbonyl (C=O) groups is 1. The zero-order valence-electron chi connectivity index (χ0n) is 11.7. The van der Waals surface area contributed by atoms with Crippen LogP contribution in [0.1, 0.15) is 10.4 Å². The van der Waals surface area contributed by atoms with Gasteiger partial charge in [0.2, 0.25) is 0 Å². The number of halogens is 3. The van der Waals surface area contributed by atoms with E-state index in [2.05, 4.69) is 21.2 Å². The van der Waals surface area contributed by atoms with Crippen LogP contribution in [0.4, 0.5) is 5.69 Å². The number of methoxy groups -OCH3 is 2. The fourth-order valence-corrected chi connectivity index (χ4v) is 2.91. The Morgan fingerprint density at radius 1 is 1.00 bits per heavy atom. The van der Waals surface area contributed by atoms with E-state index in [9.17, 15) is 4.79 Å². The van der Waals surface area contributed by atoms with Gasteiger partial charge < -0.3 is 14.8 Å². The topological polar surface area (TPSA) is 47.6 Å². The molecule has 1 N–H and O–H groups in total. The number of ether oxygens (including phenoxy) is 2. The zero-order valence-corrected chi connectivity index (χ0v) is 14.8. The van der Waals surface area contributed by atoms with E-state index in [0.717, 1.165) is 0 Å². The van der Waals surface area contributed by atoms with Gasteiger partial charge in [0, 0.05) is 21.3 Å². The summed E-state index contributed by atoms with van der Waals surface area (Å²) in [6.07, 6.45) is 0.